The Hall–Kier alpha value is 0.524. The second-order valence-corrected chi connectivity index (χ2v) is 12.6. The van der Waals surface area contributed by atoms with Crippen LogP contribution < -0.4 is 0 Å². The molecule has 0 radical (unpaired) electrons. The van der Waals surface area contributed by atoms with Crippen molar-refractivity contribution in [3.63, 3.8) is 0 Å². The van der Waals surface area contributed by atoms with E-state index in [1.807, 2.05) is 18.2 Å². The number of ether oxygens (including phenoxy) is 1. The molecule has 1 N–H and O–H groups in total. The zero-order valence-electron chi connectivity index (χ0n) is 17.5. The number of rotatable bonds is 6. The first-order valence-electron chi connectivity index (χ1n) is 7.32. The largest absolute Gasteiger partial charge is 4.00 e. The molecule has 0 aliphatic rings. The SMILES string of the molecule is CC(C)(C)[Si](C)(C)OCCc1cc(Br)ccc1COC([NH-])=O.[CH3-].[CH3-].[CH3-].[Ce+4]. The van der Waals surface area contributed by atoms with Crippen molar-refractivity contribution in [1.82, 2.24) is 0 Å². The second-order valence-electron chi connectivity index (χ2n) is 6.85. The molecule has 0 aromatic heterocycles. The van der Waals surface area contributed by atoms with Crippen molar-refractivity contribution in [2.45, 2.75) is 51.9 Å². The number of amides is 1. The van der Waals surface area contributed by atoms with Crippen molar-refractivity contribution in [1.29, 1.82) is 0 Å². The van der Waals surface area contributed by atoms with Crippen molar-refractivity contribution in [3.05, 3.63) is 61.8 Å². The molecule has 0 spiro atoms. The van der Waals surface area contributed by atoms with Gasteiger partial charge >= 0.3 is 41.7 Å². The van der Waals surface area contributed by atoms with E-state index in [0.717, 1.165) is 22.0 Å². The topological polar surface area (TPSA) is 59.3 Å². The van der Waals surface area contributed by atoms with Crippen molar-refractivity contribution in [2.75, 3.05) is 6.61 Å². The minimum absolute atomic E-state index is 0. The molecule has 4 nitrogen and oxygen atoms in total. The van der Waals surface area contributed by atoms with Gasteiger partial charge in [-0.3, -0.25) is 4.79 Å². The van der Waals surface area contributed by atoms with Gasteiger partial charge in [0.2, 0.25) is 6.09 Å². The molecule has 0 saturated heterocycles. The summed E-state index contributed by atoms with van der Waals surface area (Å²) in [5, 5.41) is 0.188. The van der Waals surface area contributed by atoms with E-state index in [4.69, 9.17) is 14.9 Å². The molecule has 7 heteroatoms. The number of nitrogens with one attached hydrogen (secondary N) is 1. The first-order chi connectivity index (χ1) is 10.0. The molecule has 0 heterocycles. The minimum Gasteiger partial charge on any atom is -0.632 e. The van der Waals surface area contributed by atoms with Gasteiger partial charge in [0.1, 0.15) is 6.61 Å². The average molecular weight is 573 g/mol. The standard InChI is InChI=1S/C16H26BrNO3Si.3CH3.Ce/c1-16(2,3)22(4,5)21-9-8-12-10-14(17)7-6-13(12)11-20-15(18)19;;;;/h6-7,10H,8-9,11H2,1-5H3,(H2,18,19);3*1H3;/q;3*-1;+4/p-1. The van der Waals surface area contributed by atoms with Crippen molar-refractivity contribution in [2.24, 2.45) is 0 Å². The Kier molecular flexibility index (Phi) is 19.0. The summed E-state index contributed by atoms with van der Waals surface area (Å²) >= 11 is 3.46. The number of hydrogen-bond donors (Lipinski definition) is 0. The van der Waals surface area contributed by atoms with Gasteiger partial charge in [-0.1, -0.05) is 42.8 Å². The summed E-state index contributed by atoms with van der Waals surface area (Å²) in [5.41, 5.74) is 8.84. The molecular weight excluding hydrogens is 538 g/mol. The predicted octanol–water partition coefficient (Wildman–Crippen LogP) is 7.05. The van der Waals surface area contributed by atoms with Crippen LogP contribution in [-0.4, -0.2) is 21.0 Å². The fraction of sp³-hybridized carbons (Fsp3) is 0.474. The maximum Gasteiger partial charge on any atom is 4.00 e. The smallest absolute Gasteiger partial charge is 0.632 e. The van der Waals surface area contributed by atoms with E-state index >= 15 is 0 Å². The van der Waals surface area contributed by atoms with Gasteiger partial charge in [-0.15, -0.1) is 0 Å². The molecule has 148 valence electrons. The normalized spacial score (nSPS) is 10.4. The Balaban J connectivity index is -0.000000605. The van der Waals surface area contributed by atoms with Crippen molar-refractivity contribution in [3.8, 4) is 0 Å². The maximum atomic E-state index is 10.7. The molecule has 0 unspecified atom stereocenters. The van der Waals surface area contributed by atoms with Gasteiger partial charge in [0, 0.05) is 11.1 Å². The molecule has 1 aromatic rings. The second kappa shape index (κ2) is 14.5. The third kappa shape index (κ3) is 11.4. The van der Waals surface area contributed by atoms with Crippen LogP contribution in [0.25, 0.3) is 5.73 Å². The molecular formula is C19H34BrCeNO3Si. The summed E-state index contributed by atoms with van der Waals surface area (Å²) in [6.07, 6.45) is -0.247. The predicted molar refractivity (Wildman–Crippen MR) is 115 cm³/mol. The van der Waals surface area contributed by atoms with Gasteiger partial charge in [0.25, 0.3) is 0 Å². The van der Waals surface area contributed by atoms with Crippen LogP contribution in [0.4, 0.5) is 4.79 Å². The van der Waals surface area contributed by atoms with Crippen LogP contribution in [0.15, 0.2) is 22.7 Å². The third-order valence-corrected chi connectivity index (χ3v) is 9.20. The zero-order chi connectivity index (χ0) is 17.0. The molecule has 1 amide bonds. The number of carbonyl (C=O) groups excluding carboxylic acids is 1. The van der Waals surface area contributed by atoms with Crippen LogP contribution in [0, 0.1) is 64.0 Å². The quantitative estimate of drug-likeness (QED) is 0.271. The van der Waals surface area contributed by atoms with Crippen LogP contribution in [0.1, 0.15) is 31.9 Å². The van der Waals surface area contributed by atoms with Crippen LogP contribution in [-0.2, 0) is 22.2 Å². The summed E-state index contributed by atoms with van der Waals surface area (Å²) in [4.78, 5) is 10.7. The van der Waals surface area contributed by atoms with Gasteiger partial charge in [0.05, 0.1) is 0 Å². The monoisotopic (exact) mass is 571 g/mol. The van der Waals surface area contributed by atoms with E-state index in [1.165, 1.54) is 0 Å². The molecule has 26 heavy (non-hydrogen) atoms. The van der Waals surface area contributed by atoms with Gasteiger partial charge in [-0.05, 0) is 47.8 Å². The van der Waals surface area contributed by atoms with Crippen LogP contribution in [0.5, 0.6) is 0 Å². The Morgan fingerprint density at radius 1 is 1.15 bits per heavy atom. The zero-order valence-corrected chi connectivity index (χ0v) is 23.2. The van der Waals surface area contributed by atoms with E-state index in [2.05, 4.69) is 49.8 Å². The molecule has 0 bridgehead atoms. The van der Waals surface area contributed by atoms with Crippen LogP contribution in [0.3, 0.4) is 0 Å². The third-order valence-electron chi connectivity index (χ3n) is 4.17. The number of benzene rings is 1. The number of halogens is 1. The molecule has 0 saturated carbocycles. The first kappa shape index (κ1) is 34.1. The van der Waals surface area contributed by atoms with E-state index in [9.17, 15) is 4.79 Å². The Bertz CT molecular complexity index is 534. The number of carbonyl (C=O) groups is 1. The van der Waals surface area contributed by atoms with Crippen LogP contribution in [0.2, 0.25) is 18.1 Å². The number of hydrogen-bond acceptors (Lipinski definition) is 3. The minimum atomic E-state index is -1.75. The summed E-state index contributed by atoms with van der Waals surface area (Å²) < 4.78 is 12.0. The summed E-state index contributed by atoms with van der Waals surface area (Å²) in [6.45, 7) is 11.9. The summed E-state index contributed by atoms with van der Waals surface area (Å²) in [6, 6.07) is 5.84. The fourth-order valence-electron chi connectivity index (χ4n) is 1.74. The van der Waals surface area contributed by atoms with E-state index in [1.54, 1.807) is 0 Å². The van der Waals surface area contributed by atoms with E-state index < -0.39 is 14.4 Å². The van der Waals surface area contributed by atoms with Gasteiger partial charge in [0.15, 0.2) is 8.32 Å². The van der Waals surface area contributed by atoms with Crippen LogP contribution >= 0.6 is 15.9 Å². The van der Waals surface area contributed by atoms with Crippen molar-refractivity contribution < 1.29 is 55.7 Å². The van der Waals surface area contributed by atoms with E-state index in [0.29, 0.717) is 6.61 Å². The Morgan fingerprint density at radius 2 is 1.69 bits per heavy atom. The average Bonchev–Trinajstić information content (AvgIpc) is 2.36. The molecule has 0 fully saturated rings. The van der Waals surface area contributed by atoms with Crippen molar-refractivity contribution >= 4 is 30.3 Å². The molecule has 0 aliphatic heterocycles. The molecule has 1 aromatic carbocycles. The van der Waals surface area contributed by atoms with E-state index in [-0.39, 0.29) is 75.7 Å². The molecule has 1 rings (SSSR count). The van der Waals surface area contributed by atoms with Gasteiger partial charge in [-0.2, -0.15) is 0 Å². The summed E-state index contributed by atoms with van der Waals surface area (Å²) in [5.74, 6) is 0. The fourth-order valence-corrected chi connectivity index (χ4v) is 3.20. The molecule has 0 aliphatic carbocycles. The van der Waals surface area contributed by atoms with Gasteiger partial charge < -0.3 is 37.2 Å². The Morgan fingerprint density at radius 3 is 2.15 bits per heavy atom. The first-order valence-corrected chi connectivity index (χ1v) is 11.0. The summed E-state index contributed by atoms with van der Waals surface area (Å²) in [7, 11) is -1.75. The van der Waals surface area contributed by atoms with Gasteiger partial charge in [-0.25, -0.2) is 0 Å². The maximum absolute atomic E-state index is 10.7. The Labute approximate surface area is 204 Å². The molecule has 0 atom stereocenters.